The Morgan fingerprint density at radius 1 is 1.44 bits per heavy atom. The second kappa shape index (κ2) is 5.61. The number of benzene rings is 1. The summed E-state index contributed by atoms with van der Waals surface area (Å²) >= 11 is 0. The maximum absolute atomic E-state index is 11.9. The van der Waals surface area contributed by atoms with Crippen LogP contribution >= 0.6 is 0 Å². The van der Waals surface area contributed by atoms with Gasteiger partial charge in [0.1, 0.15) is 5.75 Å². The van der Waals surface area contributed by atoms with Crippen LogP contribution in [0.15, 0.2) is 24.3 Å². The van der Waals surface area contributed by atoms with Crippen LogP contribution in [0.5, 0.6) is 5.75 Å². The molecule has 0 aliphatic heterocycles. The van der Waals surface area contributed by atoms with Crippen molar-refractivity contribution >= 4 is 11.8 Å². The van der Waals surface area contributed by atoms with Gasteiger partial charge in [-0.25, -0.2) is 4.79 Å². The third-order valence-electron chi connectivity index (χ3n) is 2.04. The number of nitrogens with zero attached hydrogens (tertiary/aromatic N) is 1. The number of hydrogen-bond donors (Lipinski definition) is 1. The number of phenols is 1. The van der Waals surface area contributed by atoms with Crippen LogP contribution in [0.25, 0.3) is 0 Å². The average molecular weight is 263 g/mol. The van der Waals surface area contributed by atoms with Crippen molar-refractivity contribution in [3.8, 4) is 5.75 Å². The highest BCUT2D eigenvalue weighted by Gasteiger charge is 2.30. The maximum atomic E-state index is 11.9. The molecule has 0 aromatic heterocycles. The second-order valence-electron chi connectivity index (χ2n) is 3.43. The van der Waals surface area contributed by atoms with Gasteiger partial charge in [0.25, 0.3) is 0 Å². The monoisotopic (exact) mass is 263 g/mol. The second-order valence-corrected chi connectivity index (χ2v) is 3.43. The normalized spacial score (nSPS) is 11.1. The van der Waals surface area contributed by atoms with Crippen LogP contribution in [0, 0.1) is 0 Å². The number of rotatable bonds is 3. The molecule has 1 aromatic rings. The lowest BCUT2D eigenvalue weighted by Crippen LogP contribution is -2.33. The summed E-state index contributed by atoms with van der Waals surface area (Å²) in [5.74, 6) is -0.0884. The Morgan fingerprint density at radius 3 is 2.61 bits per heavy atom. The summed E-state index contributed by atoms with van der Waals surface area (Å²) in [6.45, 7) is 0.0696. The van der Waals surface area contributed by atoms with E-state index in [4.69, 9.17) is 0 Å². The Balaban J connectivity index is 2.75. The van der Waals surface area contributed by atoms with Crippen molar-refractivity contribution in [1.82, 2.24) is 0 Å². The number of hydrogen-bond acceptors (Lipinski definition) is 3. The van der Waals surface area contributed by atoms with Crippen LogP contribution in [-0.4, -0.2) is 30.5 Å². The summed E-state index contributed by atoms with van der Waals surface area (Å²) in [5.41, 5.74) is 0.268. The van der Waals surface area contributed by atoms with Crippen LogP contribution in [0.2, 0.25) is 0 Å². The SMILES string of the molecule is CCN(C(=O)OCC(F)(F)F)c1cccc(O)c1. The van der Waals surface area contributed by atoms with Gasteiger partial charge < -0.3 is 9.84 Å². The van der Waals surface area contributed by atoms with E-state index in [1.807, 2.05) is 0 Å². The van der Waals surface area contributed by atoms with Gasteiger partial charge >= 0.3 is 12.3 Å². The molecule has 1 aromatic carbocycles. The highest BCUT2D eigenvalue weighted by molar-refractivity contribution is 5.87. The molecule has 0 aliphatic rings. The summed E-state index contributed by atoms with van der Waals surface area (Å²) in [4.78, 5) is 12.4. The minimum absolute atomic E-state index is 0.0884. The molecule has 0 spiro atoms. The van der Waals surface area contributed by atoms with E-state index >= 15 is 0 Å². The highest BCUT2D eigenvalue weighted by atomic mass is 19.4. The predicted octanol–water partition coefficient (Wildman–Crippen LogP) is 2.92. The van der Waals surface area contributed by atoms with Crippen molar-refractivity contribution in [2.75, 3.05) is 18.1 Å². The number of ether oxygens (including phenoxy) is 1. The number of carbonyl (C=O) groups is 1. The van der Waals surface area contributed by atoms with Crippen LogP contribution in [0.1, 0.15) is 6.92 Å². The van der Waals surface area contributed by atoms with Gasteiger partial charge in [-0.3, -0.25) is 4.90 Å². The Hall–Kier alpha value is -1.92. The smallest absolute Gasteiger partial charge is 0.422 e. The predicted molar refractivity (Wildman–Crippen MR) is 58.5 cm³/mol. The lowest BCUT2D eigenvalue weighted by molar-refractivity contribution is -0.159. The van der Waals surface area contributed by atoms with Crippen molar-refractivity contribution in [2.24, 2.45) is 0 Å². The van der Waals surface area contributed by atoms with Crippen molar-refractivity contribution in [3.63, 3.8) is 0 Å². The molecule has 7 heteroatoms. The molecule has 18 heavy (non-hydrogen) atoms. The Bertz CT molecular complexity index is 420. The van der Waals surface area contributed by atoms with Crippen molar-refractivity contribution in [2.45, 2.75) is 13.1 Å². The molecule has 0 unspecified atom stereocenters. The molecular formula is C11H12F3NO3. The summed E-state index contributed by atoms with van der Waals surface area (Å²) < 4.78 is 39.9. The molecule has 4 nitrogen and oxygen atoms in total. The zero-order valence-electron chi connectivity index (χ0n) is 9.57. The minimum atomic E-state index is -4.56. The van der Waals surface area contributed by atoms with Crippen molar-refractivity contribution in [1.29, 1.82) is 0 Å². The molecular weight excluding hydrogens is 251 g/mol. The molecule has 0 atom stereocenters. The van der Waals surface area contributed by atoms with Gasteiger partial charge in [0.2, 0.25) is 0 Å². The topological polar surface area (TPSA) is 49.8 Å². The highest BCUT2D eigenvalue weighted by Crippen LogP contribution is 2.21. The van der Waals surface area contributed by atoms with Gasteiger partial charge in [0.05, 0.1) is 5.69 Å². The lowest BCUT2D eigenvalue weighted by Gasteiger charge is -2.21. The Morgan fingerprint density at radius 2 is 2.11 bits per heavy atom. The minimum Gasteiger partial charge on any atom is -0.508 e. The Labute approximate surface area is 102 Å². The van der Waals surface area contributed by atoms with E-state index in [2.05, 4.69) is 4.74 Å². The van der Waals surface area contributed by atoms with E-state index in [0.29, 0.717) is 0 Å². The van der Waals surface area contributed by atoms with Gasteiger partial charge in [-0.2, -0.15) is 13.2 Å². The van der Waals surface area contributed by atoms with Gasteiger partial charge in [-0.1, -0.05) is 6.07 Å². The van der Waals surface area contributed by atoms with Crippen LogP contribution in [0.3, 0.4) is 0 Å². The number of alkyl halides is 3. The first-order valence-electron chi connectivity index (χ1n) is 5.13. The van der Waals surface area contributed by atoms with Crippen LogP contribution in [0.4, 0.5) is 23.7 Å². The van der Waals surface area contributed by atoms with Crippen LogP contribution in [-0.2, 0) is 4.74 Å². The van der Waals surface area contributed by atoms with Crippen molar-refractivity contribution < 1.29 is 27.8 Å². The first-order valence-corrected chi connectivity index (χ1v) is 5.13. The van der Waals surface area contributed by atoms with E-state index < -0.39 is 18.9 Å². The number of anilines is 1. The number of aromatic hydroxyl groups is 1. The fourth-order valence-electron chi connectivity index (χ4n) is 1.30. The van der Waals surface area contributed by atoms with E-state index in [9.17, 15) is 23.1 Å². The molecule has 0 bridgehead atoms. The molecule has 0 saturated heterocycles. The molecule has 0 heterocycles. The third kappa shape index (κ3) is 4.15. The molecule has 1 rings (SSSR count). The standard InChI is InChI=1S/C11H12F3NO3/c1-2-15(8-4-3-5-9(16)6-8)10(17)18-7-11(12,13)14/h3-6,16H,2,7H2,1H3. The molecule has 0 saturated carbocycles. The third-order valence-corrected chi connectivity index (χ3v) is 2.04. The van der Waals surface area contributed by atoms with Crippen molar-refractivity contribution in [3.05, 3.63) is 24.3 Å². The summed E-state index contributed by atoms with van der Waals surface area (Å²) in [6, 6.07) is 5.61. The first-order chi connectivity index (χ1) is 8.33. The van der Waals surface area contributed by atoms with E-state index in [1.165, 1.54) is 24.3 Å². The fraction of sp³-hybridized carbons (Fsp3) is 0.364. The fourth-order valence-corrected chi connectivity index (χ4v) is 1.30. The molecule has 0 radical (unpaired) electrons. The summed E-state index contributed by atoms with van der Waals surface area (Å²) in [6.07, 6.45) is -5.67. The van der Waals surface area contributed by atoms with Gasteiger partial charge in [-0.05, 0) is 19.1 Å². The number of phenolic OH excluding ortho intramolecular Hbond substituents is 1. The van der Waals surface area contributed by atoms with Gasteiger partial charge in [0.15, 0.2) is 6.61 Å². The maximum Gasteiger partial charge on any atom is 0.422 e. The molecule has 100 valence electrons. The summed E-state index contributed by atoms with van der Waals surface area (Å²) in [7, 11) is 0. The van der Waals surface area contributed by atoms with Crippen LogP contribution < -0.4 is 4.90 Å². The molecule has 0 fully saturated rings. The molecule has 1 amide bonds. The summed E-state index contributed by atoms with van der Waals surface area (Å²) in [5, 5.41) is 9.24. The van der Waals surface area contributed by atoms with E-state index in [-0.39, 0.29) is 18.0 Å². The van der Waals surface area contributed by atoms with Gasteiger partial charge in [-0.15, -0.1) is 0 Å². The molecule has 0 aliphatic carbocycles. The zero-order chi connectivity index (χ0) is 13.8. The number of halogens is 3. The number of amides is 1. The largest absolute Gasteiger partial charge is 0.508 e. The average Bonchev–Trinajstić information content (AvgIpc) is 2.26. The van der Waals surface area contributed by atoms with E-state index in [0.717, 1.165) is 4.90 Å². The lowest BCUT2D eigenvalue weighted by atomic mass is 10.3. The quantitative estimate of drug-likeness (QED) is 0.912. The number of carbonyl (C=O) groups excluding carboxylic acids is 1. The molecule has 1 N–H and O–H groups in total. The zero-order valence-corrected chi connectivity index (χ0v) is 9.57. The first kappa shape index (κ1) is 14.1. The Kier molecular flexibility index (Phi) is 4.41. The van der Waals surface area contributed by atoms with Gasteiger partial charge in [0, 0.05) is 12.6 Å². The van der Waals surface area contributed by atoms with E-state index in [1.54, 1.807) is 6.92 Å².